The van der Waals surface area contributed by atoms with Crippen molar-refractivity contribution in [1.29, 1.82) is 0 Å². The molecule has 0 saturated carbocycles. The predicted molar refractivity (Wildman–Crippen MR) is 327 cm³/mol. The largest absolute Gasteiger partial charge is 0.492 e. The zero-order valence-corrected chi connectivity index (χ0v) is 50.8. The van der Waals surface area contributed by atoms with Crippen LogP contribution < -0.4 is 41.4 Å². The van der Waals surface area contributed by atoms with Crippen LogP contribution >= 0.6 is 22.9 Å². The number of hydrogen-bond donors (Lipinski definition) is 5. The number of nitrogens with two attached hydrogens (primary N) is 2. The number of alkyl halides is 1. The molecule has 3 aromatic carbocycles. The molecule has 460 valence electrons. The number of likely N-dealkylation sites (N-methyl/N-ethyl adjacent to an activating group) is 2. The van der Waals surface area contributed by atoms with E-state index in [1.165, 1.54) is 58.1 Å². The minimum atomic E-state index is -1.21. The second-order valence-corrected chi connectivity index (χ2v) is 23.8. The Morgan fingerprint density at radius 3 is 2.24 bits per heavy atom. The second kappa shape index (κ2) is 29.2. The van der Waals surface area contributed by atoms with E-state index in [0.29, 0.717) is 54.7 Å². The highest BCUT2D eigenvalue weighted by molar-refractivity contribution is 7.19. The number of fused-ring (bicyclic) bond motifs is 4. The van der Waals surface area contributed by atoms with Crippen LogP contribution in [0.3, 0.4) is 0 Å². The van der Waals surface area contributed by atoms with Gasteiger partial charge >= 0.3 is 18.2 Å². The van der Waals surface area contributed by atoms with E-state index in [2.05, 4.69) is 20.5 Å². The van der Waals surface area contributed by atoms with Crippen molar-refractivity contribution in [2.45, 2.75) is 96.7 Å². The summed E-state index contributed by atoms with van der Waals surface area (Å²) in [6.45, 7) is 9.66. The van der Waals surface area contributed by atoms with Crippen molar-refractivity contribution in [3.8, 4) is 11.5 Å². The first-order valence-corrected chi connectivity index (χ1v) is 30.4. The molecule has 8 rings (SSSR count). The number of rotatable bonds is 28. The number of hydrogen-bond acceptors (Lipinski definition) is 14. The van der Waals surface area contributed by atoms with Crippen molar-refractivity contribution in [2.75, 3.05) is 88.7 Å². The molecular formula is C61H76ClN11O12S. The van der Waals surface area contributed by atoms with Crippen LogP contribution in [-0.4, -0.2) is 169 Å². The molecular weight excluding hydrogens is 1150 g/mol. The van der Waals surface area contributed by atoms with E-state index >= 15 is 0 Å². The van der Waals surface area contributed by atoms with Crippen LogP contribution in [-0.2, 0) is 35.3 Å². The lowest BCUT2D eigenvalue weighted by atomic mass is 9.99. The number of nitrogens with zero attached hydrogens (tertiary/aromatic N) is 6. The van der Waals surface area contributed by atoms with Crippen LogP contribution in [0.5, 0.6) is 11.5 Å². The summed E-state index contributed by atoms with van der Waals surface area (Å²) in [5, 5.41) is 6.84. The molecule has 5 heterocycles. The second-order valence-electron chi connectivity index (χ2n) is 22.3. The number of aromatic nitrogens is 1. The number of ether oxygens (including phenoxy) is 3. The maximum absolute atomic E-state index is 14.6. The number of thiophene rings is 1. The topological polar surface area (TPSA) is 293 Å². The molecule has 1 fully saturated rings. The first kappa shape index (κ1) is 63.8. The average molecular weight is 1220 g/mol. The summed E-state index contributed by atoms with van der Waals surface area (Å²) in [5.41, 5.74) is 14.7. The highest BCUT2D eigenvalue weighted by Gasteiger charge is 2.38. The summed E-state index contributed by atoms with van der Waals surface area (Å²) < 4.78 is 18.7. The Bertz CT molecular complexity index is 3340. The molecule has 3 atom stereocenters. The number of halogens is 1. The molecule has 0 aliphatic carbocycles. The number of imide groups is 1. The molecule has 23 nitrogen and oxygen atoms in total. The number of carbonyl (C=O) groups excluding carboxylic acids is 9. The zero-order chi connectivity index (χ0) is 61.8. The number of benzene rings is 3. The third-order valence-electron chi connectivity index (χ3n) is 15.6. The van der Waals surface area contributed by atoms with Gasteiger partial charge in [0.25, 0.3) is 23.6 Å². The molecule has 10 amide bonds. The number of amides is 10. The SMILES string of the molecule is Cc1cc2c(OC(=O)N(C)CCN(C)C(=O)OCc3ccc(N(C(=O)[C@@H](NC(=O)CCCCCN4C(=O)C=CC4=O)C(C)C)[C@@H](CCCNC(N)=O)C(N)=O)cc3)cc3c(c2s1)[C@@H](CCl)CN3C(=O)c1cc2cc(OCCN3CCCC3)ccc2[nH]1. The van der Waals surface area contributed by atoms with Gasteiger partial charge in [0.15, 0.2) is 0 Å². The van der Waals surface area contributed by atoms with E-state index in [9.17, 15) is 43.2 Å². The Balaban J connectivity index is 0.871. The van der Waals surface area contributed by atoms with Crippen LogP contribution in [0.1, 0.15) is 97.6 Å². The molecule has 2 aromatic heterocycles. The Labute approximate surface area is 508 Å². The highest BCUT2D eigenvalue weighted by Crippen LogP contribution is 2.49. The lowest BCUT2D eigenvalue weighted by Crippen LogP contribution is -2.57. The van der Waals surface area contributed by atoms with Crippen molar-refractivity contribution in [3.63, 3.8) is 0 Å². The average Bonchev–Trinajstić information content (AvgIpc) is 1.62. The fourth-order valence-electron chi connectivity index (χ4n) is 10.8. The number of unbranched alkanes of at least 4 members (excludes halogenated alkanes) is 2. The van der Waals surface area contributed by atoms with E-state index < -0.39 is 53.9 Å². The number of urea groups is 1. The number of aryl methyl sites for hydroxylation is 1. The van der Waals surface area contributed by atoms with Gasteiger partial charge in [0, 0.05) is 127 Å². The molecule has 3 aliphatic rings. The Kier molecular flexibility index (Phi) is 21.7. The van der Waals surface area contributed by atoms with E-state index in [4.69, 9.17) is 37.3 Å². The van der Waals surface area contributed by atoms with E-state index in [0.717, 1.165) is 56.3 Å². The molecule has 3 aliphatic heterocycles. The first-order valence-electron chi connectivity index (χ1n) is 29.0. The minimum Gasteiger partial charge on any atom is -0.492 e. The van der Waals surface area contributed by atoms with Gasteiger partial charge in [0.2, 0.25) is 11.8 Å². The van der Waals surface area contributed by atoms with Crippen LogP contribution in [0.2, 0.25) is 0 Å². The summed E-state index contributed by atoms with van der Waals surface area (Å²) in [6, 6.07) is 14.5. The molecule has 25 heteroatoms. The van der Waals surface area contributed by atoms with Crippen molar-refractivity contribution in [2.24, 2.45) is 17.4 Å². The normalized spacial score (nSPS) is 15.5. The Morgan fingerprint density at radius 1 is 0.860 bits per heavy atom. The van der Waals surface area contributed by atoms with Gasteiger partial charge in [0.1, 0.15) is 42.5 Å². The lowest BCUT2D eigenvalue weighted by molar-refractivity contribution is -0.137. The minimum absolute atomic E-state index is 0.0308. The maximum atomic E-state index is 14.6. The van der Waals surface area contributed by atoms with E-state index in [1.807, 2.05) is 37.3 Å². The van der Waals surface area contributed by atoms with E-state index in [1.54, 1.807) is 56.1 Å². The first-order chi connectivity index (χ1) is 41.2. The molecule has 0 bridgehead atoms. The summed E-state index contributed by atoms with van der Waals surface area (Å²) in [4.78, 5) is 131. The number of nitrogens with one attached hydrogen (secondary N) is 3. The number of likely N-dealkylation sites (tertiary alicyclic amines) is 1. The van der Waals surface area contributed by atoms with Gasteiger partial charge in [0.05, 0.1) is 5.69 Å². The van der Waals surface area contributed by atoms with Gasteiger partial charge in [-0.1, -0.05) is 32.4 Å². The van der Waals surface area contributed by atoms with Gasteiger partial charge < -0.3 is 56.0 Å². The van der Waals surface area contributed by atoms with Gasteiger partial charge in [-0.3, -0.25) is 43.5 Å². The number of carbonyl (C=O) groups is 9. The highest BCUT2D eigenvalue weighted by atomic mass is 35.5. The third-order valence-corrected chi connectivity index (χ3v) is 17.0. The fourth-order valence-corrected chi connectivity index (χ4v) is 12.2. The summed E-state index contributed by atoms with van der Waals surface area (Å²) in [7, 11) is 3.07. The fraction of sp³-hybridized carbons (Fsp3) is 0.459. The van der Waals surface area contributed by atoms with Crippen molar-refractivity contribution < 1.29 is 57.4 Å². The molecule has 5 aromatic rings. The summed E-state index contributed by atoms with van der Waals surface area (Å²) >= 11 is 8.14. The predicted octanol–water partition coefficient (Wildman–Crippen LogP) is 7.11. The van der Waals surface area contributed by atoms with Crippen molar-refractivity contribution >= 4 is 109 Å². The molecule has 86 heavy (non-hydrogen) atoms. The molecule has 0 spiro atoms. The number of H-pyrrole nitrogens is 1. The number of anilines is 2. The van der Waals surface area contributed by atoms with E-state index in [-0.39, 0.29) is 93.0 Å². The van der Waals surface area contributed by atoms with Crippen LogP contribution in [0, 0.1) is 12.8 Å². The third kappa shape index (κ3) is 15.8. The smallest absolute Gasteiger partial charge is 0.415 e. The Morgan fingerprint density at radius 2 is 1.57 bits per heavy atom. The molecule has 0 unspecified atom stereocenters. The molecule has 0 radical (unpaired) electrons. The van der Waals surface area contributed by atoms with Gasteiger partial charge in [-0.05, 0) is 112 Å². The van der Waals surface area contributed by atoms with Crippen LogP contribution in [0.25, 0.3) is 21.0 Å². The van der Waals surface area contributed by atoms with Crippen molar-refractivity contribution in [3.05, 3.63) is 94.5 Å². The van der Waals surface area contributed by atoms with Gasteiger partial charge in [-0.15, -0.1) is 22.9 Å². The van der Waals surface area contributed by atoms with Gasteiger partial charge in [-0.2, -0.15) is 0 Å². The van der Waals surface area contributed by atoms with Crippen LogP contribution in [0.4, 0.5) is 25.8 Å². The summed E-state index contributed by atoms with van der Waals surface area (Å²) in [5.74, 6) is -2.23. The lowest BCUT2D eigenvalue weighted by Gasteiger charge is -2.34. The monoisotopic (exact) mass is 1220 g/mol. The zero-order valence-electron chi connectivity index (χ0n) is 49.2. The van der Waals surface area contributed by atoms with Crippen molar-refractivity contribution in [1.82, 2.24) is 35.2 Å². The quantitative estimate of drug-likeness (QED) is 0.0190. The molecule has 7 N–H and O–H groups in total. The summed E-state index contributed by atoms with van der Waals surface area (Å²) in [6.07, 6.45) is 5.23. The standard InChI is InChI=1S/C61H76ClN11O12S/c1-37(2)54(67-50(74)13-7-6-8-25-71-51(75)20-21-52(71)76)58(79)73(47(56(63)77)12-11-22-65-59(64)80)42-16-14-39(15-17-42)36-84-60(81)68(4)26-27-69(5)61(82)85-49-33-48-53(55-44(49)30-38(3)86-55)41(34-62)35-72(48)57(78)46-32-40-31-43(18-19-45(40)66-46)83-29-28-70-23-9-10-24-70/h14-21,30-33,37,41,47,54,66H,6-13,22-29,34-36H2,1-5H3,(H2,63,77)(H,67,74)(H3,64,65,80)/t41-,47-,54-/m0/s1. The van der Waals surface area contributed by atoms with Gasteiger partial charge in [-0.25, -0.2) is 14.4 Å². The van der Waals surface area contributed by atoms with Crippen LogP contribution in [0.15, 0.2) is 72.8 Å². The maximum Gasteiger partial charge on any atom is 0.415 e. The number of aromatic amines is 1. The Hall–Kier alpha value is -8.22. The number of primary amides is 2. The molecule has 1 saturated heterocycles.